The van der Waals surface area contributed by atoms with Crippen LogP contribution in [-0.4, -0.2) is 30.9 Å². The van der Waals surface area contributed by atoms with Gasteiger partial charge in [-0.1, -0.05) is 6.92 Å². The van der Waals surface area contributed by atoms with Gasteiger partial charge in [0.05, 0.1) is 0 Å². The lowest BCUT2D eigenvalue weighted by Crippen LogP contribution is -2.31. The van der Waals surface area contributed by atoms with E-state index in [9.17, 15) is 4.79 Å². The van der Waals surface area contributed by atoms with Crippen molar-refractivity contribution in [1.82, 2.24) is 4.90 Å². The average Bonchev–Trinajstić information content (AvgIpc) is 2.30. The number of carbonyl (C=O) groups excluding carboxylic acids is 1. The van der Waals surface area contributed by atoms with E-state index in [1.807, 2.05) is 11.9 Å². The summed E-state index contributed by atoms with van der Waals surface area (Å²) in [5.41, 5.74) is 6.00. The molecule has 3 nitrogen and oxygen atoms in total. The molecule has 0 aromatic heterocycles. The first-order valence-corrected chi connectivity index (χ1v) is 5.07. The molecule has 1 heterocycles. The first-order valence-electron chi connectivity index (χ1n) is 5.07. The van der Waals surface area contributed by atoms with E-state index < -0.39 is 0 Å². The first kappa shape index (κ1) is 10.5. The third kappa shape index (κ3) is 2.21. The van der Waals surface area contributed by atoms with Gasteiger partial charge in [0.1, 0.15) is 0 Å². The molecule has 0 saturated carbocycles. The van der Waals surface area contributed by atoms with Crippen molar-refractivity contribution >= 4 is 5.91 Å². The van der Waals surface area contributed by atoms with E-state index in [2.05, 4.69) is 6.92 Å². The molecule has 1 unspecified atom stereocenters. The second-order valence-corrected chi connectivity index (χ2v) is 4.12. The Balaban J connectivity index is 2.66. The Morgan fingerprint density at radius 2 is 2.23 bits per heavy atom. The summed E-state index contributed by atoms with van der Waals surface area (Å²) < 4.78 is 0. The van der Waals surface area contributed by atoms with E-state index in [0.29, 0.717) is 13.0 Å². The summed E-state index contributed by atoms with van der Waals surface area (Å²) >= 11 is 0. The first-order chi connectivity index (χ1) is 6.13. The minimum Gasteiger partial charge on any atom is -0.346 e. The van der Waals surface area contributed by atoms with Gasteiger partial charge >= 0.3 is 0 Å². The topological polar surface area (TPSA) is 46.3 Å². The van der Waals surface area contributed by atoms with Gasteiger partial charge in [0.2, 0.25) is 5.91 Å². The zero-order valence-electron chi connectivity index (χ0n) is 8.68. The lowest BCUT2D eigenvalue weighted by atomic mass is 9.78. The number of amides is 1. The smallest absolute Gasteiger partial charge is 0.222 e. The Labute approximate surface area is 80.3 Å². The maximum Gasteiger partial charge on any atom is 0.222 e. The molecule has 0 radical (unpaired) electrons. The van der Waals surface area contributed by atoms with E-state index in [-0.39, 0.29) is 11.3 Å². The SMILES string of the molecule is CCC1(CN)CCC(=O)N(C)CC1. The summed E-state index contributed by atoms with van der Waals surface area (Å²) in [5.74, 6) is 0.267. The van der Waals surface area contributed by atoms with Crippen LogP contribution < -0.4 is 5.73 Å². The van der Waals surface area contributed by atoms with E-state index in [1.54, 1.807) is 0 Å². The molecule has 13 heavy (non-hydrogen) atoms. The van der Waals surface area contributed by atoms with E-state index in [4.69, 9.17) is 5.73 Å². The highest BCUT2D eigenvalue weighted by molar-refractivity contribution is 5.76. The molecule has 2 N–H and O–H groups in total. The second-order valence-electron chi connectivity index (χ2n) is 4.12. The molecule has 0 aromatic carbocycles. The fourth-order valence-corrected chi connectivity index (χ4v) is 1.92. The summed E-state index contributed by atoms with van der Waals surface area (Å²) in [6, 6.07) is 0. The molecular formula is C10H20N2O. The molecule has 1 atom stereocenters. The van der Waals surface area contributed by atoms with Crippen LogP contribution in [0.25, 0.3) is 0 Å². The van der Waals surface area contributed by atoms with Crippen LogP contribution in [0.3, 0.4) is 0 Å². The molecule has 0 spiro atoms. The third-order valence-corrected chi connectivity index (χ3v) is 3.46. The average molecular weight is 184 g/mol. The van der Waals surface area contributed by atoms with Crippen LogP contribution in [0.15, 0.2) is 0 Å². The van der Waals surface area contributed by atoms with Gasteiger partial charge < -0.3 is 10.6 Å². The van der Waals surface area contributed by atoms with Crippen molar-refractivity contribution in [3.8, 4) is 0 Å². The van der Waals surface area contributed by atoms with Crippen LogP contribution in [-0.2, 0) is 4.79 Å². The molecule has 3 heteroatoms. The number of hydrogen-bond donors (Lipinski definition) is 1. The minimum absolute atomic E-state index is 0.223. The molecule has 0 aromatic rings. The van der Waals surface area contributed by atoms with Gasteiger partial charge in [-0.3, -0.25) is 4.79 Å². The number of nitrogens with two attached hydrogens (primary N) is 1. The zero-order chi connectivity index (χ0) is 9.90. The molecular weight excluding hydrogens is 164 g/mol. The van der Waals surface area contributed by atoms with Gasteiger partial charge in [0, 0.05) is 20.0 Å². The Morgan fingerprint density at radius 1 is 1.54 bits per heavy atom. The maximum absolute atomic E-state index is 11.4. The Morgan fingerprint density at radius 3 is 2.77 bits per heavy atom. The molecule has 1 fully saturated rings. The lowest BCUT2D eigenvalue weighted by molar-refractivity contribution is -0.129. The molecule has 1 aliphatic heterocycles. The summed E-state index contributed by atoms with van der Waals surface area (Å²) in [6.07, 6.45) is 3.78. The van der Waals surface area contributed by atoms with Crippen LogP contribution in [0.5, 0.6) is 0 Å². The summed E-state index contributed by atoms with van der Waals surface area (Å²) in [5, 5.41) is 0. The van der Waals surface area contributed by atoms with Gasteiger partial charge in [0.25, 0.3) is 0 Å². The zero-order valence-corrected chi connectivity index (χ0v) is 8.68. The van der Waals surface area contributed by atoms with Crippen LogP contribution in [0, 0.1) is 5.41 Å². The fraction of sp³-hybridized carbons (Fsp3) is 0.900. The van der Waals surface area contributed by atoms with Crippen molar-refractivity contribution in [3.63, 3.8) is 0 Å². The van der Waals surface area contributed by atoms with Crippen LogP contribution in [0.2, 0.25) is 0 Å². The van der Waals surface area contributed by atoms with Crippen molar-refractivity contribution in [1.29, 1.82) is 0 Å². The molecule has 1 amide bonds. The predicted octanol–water partition coefficient (Wildman–Crippen LogP) is 0.984. The van der Waals surface area contributed by atoms with Crippen LogP contribution in [0.4, 0.5) is 0 Å². The summed E-state index contributed by atoms with van der Waals surface area (Å²) in [6.45, 7) is 3.75. The quantitative estimate of drug-likeness (QED) is 0.695. The van der Waals surface area contributed by atoms with Crippen molar-refractivity contribution < 1.29 is 4.79 Å². The van der Waals surface area contributed by atoms with Gasteiger partial charge in [-0.2, -0.15) is 0 Å². The van der Waals surface area contributed by atoms with Gasteiger partial charge in [-0.05, 0) is 31.2 Å². The van der Waals surface area contributed by atoms with Crippen molar-refractivity contribution in [3.05, 3.63) is 0 Å². The second kappa shape index (κ2) is 4.09. The number of carbonyl (C=O) groups is 1. The fourth-order valence-electron chi connectivity index (χ4n) is 1.92. The van der Waals surface area contributed by atoms with E-state index in [0.717, 1.165) is 25.8 Å². The molecule has 0 bridgehead atoms. The van der Waals surface area contributed by atoms with Crippen molar-refractivity contribution in [2.75, 3.05) is 20.1 Å². The molecule has 1 saturated heterocycles. The Hall–Kier alpha value is -0.570. The summed E-state index contributed by atoms with van der Waals surface area (Å²) in [4.78, 5) is 13.2. The van der Waals surface area contributed by atoms with Crippen molar-refractivity contribution in [2.45, 2.75) is 32.6 Å². The third-order valence-electron chi connectivity index (χ3n) is 3.46. The molecule has 0 aliphatic carbocycles. The van der Waals surface area contributed by atoms with Crippen molar-refractivity contribution in [2.24, 2.45) is 11.1 Å². The highest BCUT2D eigenvalue weighted by Crippen LogP contribution is 2.33. The van der Waals surface area contributed by atoms with E-state index >= 15 is 0 Å². The standard InChI is InChI=1S/C10H20N2O/c1-3-10(8-11)5-4-9(13)12(2)7-6-10/h3-8,11H2,1-2H3. The Kier molecular flexibility index (Phi) is 3.31. The maximum atomic E-state index is 11.4. The largest absolute Gasteiger partial charge is 0.346 e. The molecule has 1 aliphatic rings. The van der Waals surface area contributed by atoms with E-state index in [1.165, 1.54) is 0 Å². The van der Waals surface area contributed by atoms with Gasteiger partial charge in [-0.15, -0.1) is 0 Å². The number of likely N-dealkylation sites (tertiary alicyclic amines) is 1. The predicted molar refractivity (Wildman–Crippen MR) is 53.3 cm³/mol. The van der Waals surface area contributed by atoms with Gasteiger partial charge in [0.15, 0.2) is 0 Å². The van der Waals surface area contributed by atoms with Crippen LogP contribution in [0.1, 0.15) is 32.6 Å². The van der Waals surface area contributed by atoms with Crippen LogP contribution >= 0.6 is 0 Å². The highest BCUT2D eigenvalue weighted by Gasteiger charge is 2.31. The summed E-state index contributed by atoms with van der Waals surface area (Å²) in [7, 11) is 1.88. The molecule has 76 valence electrons. The monoisotopic (exact) mass is 184 g/mol. The number of nitrogens with zero attached hydrogens (tertiary/aromatic N) is 1. The lowest BCUT2D eigenvalue weighted by Gasteiger charge is -2.29. The highest BCUT2D eigenvalue weighted by atomic mass is 16.2. The number of rotatable bonds is 2. The normalized spacial score (nSPS) is 30.4. The Bertz CT molecular complexity index is 187. The molecule has 1 rings (SSSR count). The number of hydrogen-bond acceptors (Lipinski definition) is 2. The minimum atomic E-state index is 0.223. The van der Waals surface area contributed by atoms with Gasteiger partial charge in [-0.25, -0.2) is 0 Å².